The highest BCUT2D eigenvalue weighted by molar-refractivity contribution is 7.89. The lowest BCUT2D eigenvalue weighted by molar-refractivity contribution is 0.385. The first-order chi connectivity index (χ1) is 10.6. The van der Waals surface area contributed by atoms with Crippen molar-refractivity contribution < 1.29 is 13.2 Å². The number of sulfonamides is 1. The van der Waals surface area contributed by atoms with Crippen LogP contribution in [0, 0.1) is 13.8 Å². The second-order valence-electron chi connectivity index (χ2n) is 6.05. The van der Waals surface area contributed by atoms with Crippen LogP contribution in [-0.4, -0.2) is 25.3 Å². The number of hydrogen-bond donors (Lipinski definition) is 1. The highest BCUT2D eigenvalue weighted by atomic mass is 32.2. The van der Waals surface area contributed by atoms with Crippen molar-refractivity contribution in [3.8, 4) is 5.75 Å². The summed E-state index contributed by atoms with van der Waals surface area (Å²) in [6.07, 6.45) is 0. The highest BCUT2D eigenvalue weighted by Crippen LogP contribution is 2.31. The van der Waals surface area contributed by atoms with Crippen molar-refractivity contribution in [3.63, 3.8) is 0 Å². The quantitative estimate of drug-likeness (QED) is 0.908. The van der Waals surface area contributed by atoms with Crippen molar-refractivity contribution in [2.75, 3.05) is 7.11 Å². The minimum atomic E-state index is -3.72. The Kier molecular flexibility index (Phi) is 4.54. The third kappa shape index (κ3) is 3.25. The number of hydrogen-bond acceptors (Lipinski definition) is 4. The lowest BCUT2D eigenvalue weighted by atomic mass is 9.95. The van der Waals surface area contributed by atoms with E-state index >= 15 is 0 Å². The summed E-state index contributed by atoms with van der Waals surface area (Å²) < 4.78 is 35.4. The minimum absolute atomic E-state index is 0.225. The number of para-hydroxylation sites is 1. The summed E-state index contributed by atoms with van der Waals surface area (Å²) in [5.41, 5.74) is 1.02. The van der Waals surface area contributed by atoms with E-state index in [0.29, 0.717) is 17.1 Å². The van der Waals surface area contributed by atoms with E-state index in [1.54, 1.807) is 32.7 Å². The van der Waals surface area contributed by atoms with Crippen molar-refractivity contribution in [3.05, 3.63) is 41.2 Å². The molecular formula is C16H23N3O3S. The molecule has 1 aromatic heterocycles. The molecule has 0 radical (unpaired) electrons. The molecule has 2 rings (SSSR count). The molecule has 0 spiro atoms. The molecule has 0 saturated carbocycles. The molecular weight excluding hydrogens is 314 g/mol. The Hall–Kier alpha value is -1.86. The summed E-state index contributed by atoms with van der Waals surface area (Å²) in [5, 5.41) is 4.19. The number of aromatic nitrogens is 2. The predicted molar refractivity (Wildman–Crippen MR) is 89.0 cm³/mol. The van der Waals surface area contributed by atoms with Gasteiger partial charge in [0.25, 0.3) is 0 Å². The first kappa shape index (κ1) is 17.5. The average Bonchev–Trinajstić information content (AvgIpc) is 2.71. The van der Waals surface area contributed by atoms with Gasteiger partial charge in [-0.1, -0.05) is 18.2 Å². The molecule has 0 amide bonds. The van der Waals surface area contributed by atoms with Gasteiger partial charge in [-0.05, 0) is 33.8 Å². The molecule has 126 valence electrons. The Balaban J connectivity index is 2.47. The normalized spacial score (nSPS) is 12.4. The van der Waals surface area contributed by atoms with E-state index in [-0.39, 0.29) is 4.90 Å². The second kappa shape index (κ2) is 5.98. The third-order valence-electron chi connectivity index (χ3n) is 3.88. The molecule has 1 aromatic carbocycles. The van der Waals surface area contributed by atoms with Crippen LogP contribution in [0.5, 0.6) is 5.75 Å². The van der Waals surface area contributed by atoms with Gasteiger partial charge in [0.2, 0.25) is 10.0 Å². The molecule has 0 aliphatic rings. The number of nitrogens with one attached hydrogen (secondary N) is 1. The molecule has 0 fully saturated rings. The SMILES string of the molecule is COc1ccccc1C(C)(C)NS(=O)(=O)c1c(C)nn(C)c1C. The summed E-state index contributed by atoms with van der Waals surface area (Å²) in [7, 11) is -0.423. The Labute approximate surface area is 137 Å². The fourth-order valence-electron chi connectivity index (χ4n) is 2.75. The standard InChI is InChI=1S/C16H23N3O3S/c1-11-15(12(2)19(5)17-11)23(20,21)18-16(3,4)13-9-7-8-10-14(13)22-6/h7-10,18H,1-6H3. The van der Waals surface area contributed by atoms with Crippen LogP contribution >= 0.6 is 0 Å². The van der Waals surface area contributed by atoms with Crippen molar-refractivity contribution in [1.82, 2.24) is 14.5 Å². The van der Waals surface area contributed by atoms with Gasteiger partial charge in [0.05, 0.1) is 24.0 Å². The summed E-state index contributed by atoms with van der Waals surface area (Å²) in [5.74, 6) is 0.639. The summed E-state index contributed by atoms with van der Waals surface area (Å²) in [6, 6.07) is 7.37. The average molecular weight is 337 g/mol. The molecule has 1 N–H and O–H groups in total. The predicted octanol–water partition coefficient (Wildman–Crippen LogP) is 2.26. The molecule has 0 saturated heterocycles. The minimum Gasteiger partial charge on any atom is -0.496 e. The van der Waals surface area contributed by atoms with Crippen molar-refractivity contribution >= 4 is 10.0 Å². The van der Waals surface area contributed by atoms with Crippen LogP contribution in [0.15, 0.2) is 29.2 Å². The highest BCUT2D eigenvalue weighted by Gasteiger charge is 2.33. The molecule has 1 heterocycles. The van der Waals surface area contributed by atoms with E-state index in [1.165, 1.54) is 0 Å². The van der Waals surface area contributed by atoms with Gasteiger partial charge in [0.15, 0.2) is 0 Å². The van der Waals surface area contributed by atoms with Gasteiger partial charge >= 0.3 is 0 Å². The fourth-order valence-corrected chi connectivity index (χ4v) is 4.58. The number of benzene rings is 1. The van der Waals surface area contributed by atoms with Gasteiger partial charge in [0.1, 0.15) is 10.6 Å². The summed E-state index contributed by atoms with van der Waals surface area (Å²) in [6.45, 7) is 7.05. The fraction of sp³-hybridized carbons (Fsp3) is 0.438. The van der Waals surface area contributed by atoms with Crippen LogP contribution in [-0.2, 0) is 22.6 Å². The summed E-state index contributed by atoms with van der Waals surface area (Å²) in [4.78, 5) is 0.225. The molecule has 0 aliphatic carbocycles. The van der Waals surface area contributed by atoms with Gasteiger partial charge in [-0.3, -0.25) is 4.68 Å². The second-order valence-corrected chi connectivity index (χ2v) is 7.67. The molecule has 0 atom stereocenters. The number of ether oxygens (including phenoxy) is 1. The molecule has 6 nitrogen and oxygen atoms in total. The maximum Gasteiger partial charge on any atom is 0.245 e. The van der Waals surface area contributed by atoms with Crippen LogP contribution in [0.4, 0.5) is 0 Å². The smallest absolute Gasteiger partial charge is 0.245 e. The molecule has 2 aromatic rings. The first-order valence-corrected chi connectivity index (χ1v) is 8.76. The number of aryl methyl sites for hydroxylation is 2. The molecule has 0 bridgehead atoms. The van der Waals surface area contributed by atoms with Crippen LogP contribution in [0.1, 0.15) is 30.8 Å². The lowest BCUT2D eigenvalue weighted by Crippen LogP contribution is -2.41. The van der Waals surface area contributed by atoms with Gasteiger partial charge in [-0.25, -0.2) is 13.1 Å². The number of rotatable bonds is 5. The number of nitrogens with zero attached hydrogens (tertiary/aromatic N) is 2. The van der Waals surface area contributed by atoms with Gasteiger partial charge in [0, 0.05) is 12.6 Å². The van der Waals surface area contributed by atoms with E-state index in [2.05, 4.69) is 9.82 Å². The van der Waals surface area contributed by atoms with Gasteiger partial charge < -0.3 is 4.74 Å². The van der Waals surface area contributed by atoms with Crippen LogP contribution in [0.2, 0.25) is 0 Å². The van der Waals surface area contributed by atoms with E-state index < -0.39 is 15.6 Å². The monoisotopic (exact) mass is 337 g/mol. The van der Waals surface area contributed by atoms with E-state index in [0.717, 1.165) is 5.56 Å². The Morgan fingerprint density at radius 3 is 2.35 bits per heavy atom. The zero-order valence-corrected chi connectivity index (χ0v) is 15.2. The van der Waals surface area contributed by atoms with Crippen molar-refractivity contribution in [2.45, 2.75) is 38.1 Å². The third-order valence-corrected chi connectivity index (χ3v) is 5.79. The molecule has 0 unspecified atom stereocenters. The van der Waals surface area contributed by atoms with E-state index in [1.807, 2.05) is 38.1 Å². The zero-order chi connectivity index (χ0) is 17.4. The van der Waals surface area contributed by atoms with E-state index in [9.17, 15) is 8.42 Å². The maximum absolute atomic E-state index is 12.9. The largest absolute Gasteiger partial charge is 0.496 e. The van der Waals surface area contributed by atoms with Crippen LogP contribution in [0.25, 0.3) is 0 Å². The molecule has 23 heavy (non-hydrogen) atoms. The van der Waals surface area contributed by atoms with E-state index in [4.69, 9.17) is 4.74 Å². The summed E-state index contributed by atoms with van der Waals surface area (Å²) >= 11 is 0. The zero-order valence-electron chi connectivity index (χ0n) is 14.3. The van der Waals surface area contributed by atoms with Crippen LogP contribution < -0.4 is 9.46 Å². The first-order valence-electron chi connectivity index (χ1n) is 7.28. The van der Waals surface area contributed by atoms with Crippen molar-refractivity contribution in [2.24, 2.45) is 7.05 Å². The topological polar surface area (TPSA) is 73.2 Å². The van der Waals surface area contributed by atoms with Crippen molar-refractivity contribution in [1.29, 1.82) is 0 Å². The van der Waals surface area contributed by atoms with Gasteiger partial charge in [-0.2, -0.15) is 5.10 Å². The Morgan fingerprint density at radius 1 is 1.22 bits per heavy atom. The maximum atomic E-state index is 12.9. The molecule has 0 aliphatic heterocycles. The number of methoxy groups -OCH3 is 1. The Bertz CT molecular complexity index is 823. The van der Waals surface area contributed by atoms with Crippen LogP contribution in [0.3, 0.4) is 0 Å². The molecule has 7 heteroatoms. The lowest BCUT2D eigenvalue weighted by Gasteiger charge is -2.28. The van der Waals surface area contributed by atoms with Gasteiger partial charge in [-0.15, -0.1) is 0 Å². The Morgan fingerprint density at radius 2 is 1.83 bits per heavy atom.